The van der Waals surface area contributed by atoms with Gasteiger partial charge in [-0.15, -0.1) is 11.3 Å². The first-order valence-electron chi connectivity index (χ1n) is 9.87. The largest absolute Gasteiger partial charge is 0.332 e. The highest BCUT2D eigenvalue weighted by atomic mass is 32.1. The Labute approximate surface area is 189 Å². The molecule has 7 nitrogen and oxygen atoms in total. The van der Waals surface area contributed by atoms with Gasteiger partial charge in [0.25, 0.3) is 11.5 Å². The smallest absolute Gasteiger partial charge is 0.322 e. The molecule has 5 aromatic rings. The van der Waals surface area contributed by atoms with Crippen molar-refractivity contribution in [2.75, 3.05) is 5.32 Å². The molecule has 1 amide bonds. The van der Waals surface area contributed by atoms with Gasteiger partial charge in [-0.3, -0.25) is 19.1 Å². The van der Waals surface area contributed by atoms with Crippen LogP contribution in [0.5, 0.6) is 0 Å². The Morgan fingerprint density at radius 1 is 0.970 bits per heavy atom. The van der Waals surface area contributed by atoms with Crippen molar-refractivity contribution in [3.63, 3.8) is 0 Å². The van der Waals surface area contributed by atoms with Gasteiger partial charge in [0.05, 0.1) is 15.9 Å². The predicted molar refractivity (Wildman–Crippen MR) is 126 cm³/mol. The number of halogens is 1. The zero-order valence-corrected chi connectivity index (χ0v) is 17.7. The molecule has 0 saturated carbocycles. The first-order chi connectivity index (χ1) is 16.0. The molecule has 33 heavy (non-hydrogen) atoms. The zero-order valence-electron chi connectivity index (χ0n) is 16.9. The summed E-state index contributed by atoms with van der Waals surface area (Å²) in [6, 6.07) is 19.3. The molecule has 0 bridgehead atoms. The minimum Gasteiger partial charge on any atom is -0.322 e. The molecular formula is C24H15FN4O3S. The fraction of sp³-hybridized carbons (Fsp3) is 0. The number of amides is 1. The number of thiazole rings is 1. The minimum absolute atomic E-state index is 0.298. The second kappa shape index (κ2) is 8.29. The minimum atomic E-state index is -0.513. The maximum atomic E-state index is 13.0. The third kappa shape index (κ3) is 4.21. The van der Waals surface area contributed by atoms with Crippen molar-refractivity contribution in [2.24, 2.45) is 0 Å². The summed E-state index contributed by atoms with van der Waals surface area (Å²) < 4.78 is 15.3. The van der Waals surface area contributed by atoms with E-state index in [1.54, 1.807) is 18.2 Å². The number of benzene rings is 3. The molecule has 0 aliphatic rings. The third-order valence-corrected chi connectivity index (χ3v) is 6.04. The zero-order chi connectivity index (χ0) is 22.9. The Morgan fingerprint density at radius 3 is 2.45 bits per heavy atom. The highest BCUT2D eigenvalue weighted by molar-refractivity contribution is 7.21. The van der Waals surface area contributed by atoms with E-state index in [4.69, 9.17) is 0 Å². The van der Waals surface area contributed by atoms with E-state index in [2.05, 4.69) is 15.3 Å². The maximum absolute atomic E-state index is 13.0. The fourth-order valence-electron chi connectivity index (χ4n) is 3.31. The van der Waals surface area contributed by atoms with Gasteiger partial charge in [-0.05, 0) is 54.6 Å². The first kappa shape index (κ1) is 20.5. The quantitative estimate of drug-likeness (QED) is 0.422. The number of nitrogens with zero attached hydrogens (tertiary/aromatic N) is 2. The van der Waals surface area contributed by atoms with Gasteiger partial charge in [0.2, 0.25) is 0 Å². The first-order valence-corrected chi connectivity index (χ1v) is 10.7. The van der Waals surface area contributed by atoms with E-state index in [-0.39, 0.29) is 11.7 Å². The number of hydrogen-bond acceptors (Lipinski definition) is 5. The molecular weight excluding hydrogens is 443 g/mol. The van der Waals surface area contributed by atoms with Crippen molar-refractivity contribution in [3.05, 3.63) is 111 Å². The lowest BCUT2D eigenvalue weighted by atomic mass is 10.1. The highest BCUT2D eigenvalue weighted by Crippen LogP contribution is 2.31. The monoisotopic (exact) mass is 458 g/mol. The van der Waals surface area contributed by atoms with Gasteiger partial charge in [0.15, 0.2) is 0 Å². The standard InChI is InChI=1S/C24H15FN4O3S/c25-16-5-7-17(8-6-16)26-22(31)14-1-3-15(4-2-14)23-27-19-10-9-18(13-20(19)33-23)29-12-11-21(30)28-24(29)32/h1-13H,(H,26,31)(H,28,30,32). The van der Waals surface area contributed by atoms with Crippen LogP contribution in [-0.2, 0) is 0 Å². The van der Waals surface area contributed by atoms with Crippen LogP contribution in [0.2, 0.25) is 0 Å². The van der Waals surface area contributed by atoms with Crippen molar-refractivity contribution in [2.45, 2.75) is 0 Å². The average molecular weight is 458 g/mol. The molecule has 0 unspecified atom stereocenters. The van der Waals surface area contributed by atoms with Crippen LogP contribution >= 0.6 is 11.3 Å². The van der Waals surface area contributed by atoms with Gasteiger partial charge >= 0.3 is 5.69 Å². The van der Waals surface area contributed by atoms with E-state index in [0.29, 0.717) is 16.9 Å². The van der Waals surface area contributed by atoms with E-state index in [1.807, 2.05) is 24.3 Å². The number of hydrogen-bond donors (Lipinski definition) is 2. The van der Waals surface area contributed by atoms with Crippen LogP contribution in [0.15, 0.2) is 88.6 Å². The number of anilines is 1. The molecule has 9 heteroatoms. The van der Waals surface area contributed by atoms with Crippen LogP contribution in [0.25, 0.3) is 26.5 Å². The summed E-state index contributed by atoms with van der Waals surface area (Å²) in [6.07, 6.45) is 1.43. The predicted octanol–water partition coefficient (Wildman–Crippen LogP) is 4.19. The summed E-state index contributed by atoms with van der Waals surface area (Å²) in [6.45, 7) is 0. The molecule has 0 radical (unpaired) electrons. The van der Waals surface area contributed by atoms with Crippen molar-refractivity contribution in [3.8, 4) is 16.3 Å². The van der Waals surface area contributed by atoms with Gasteiger partial charge in [-0.1, -0.05) is 12.1 Å². The van der Waals surface area contributed by atoms with Crippen LogP contribution in [-0.4, -0.2) is 20.4 Å². The van der Waals surface area contributed by atoms with Gasteiger partial charge in [-0.25, -0.2) is 14.2 Å². The number of aromatic amines is 1. The van der Waals surface area contributed by atoms with Crippen LogP contribution < -0.4 is 16.6 Å². The molecule has 2 aromatic heterocycles. The van der Waals surface area contributed by atoms with Crippen molar-refractivity contribution < 1.29 is 9.18 Å². The lowest BCUT2D eigenvalue weighted by Crippen LogP contribution is -2.27. The van der Waals surface area contributed by atoms with Crippen molar-refractivity contribution in [1.29, 1.82) is 0 Å². The molecule has 5 rings (SSSR count). The molecule has 0 fully saturated rings. The van der Waals surface area contributed by atoms with E-state index in [0.717, 1.165) is 20.8 Å². The lowest BCUT2D eigenvalue weighted by Gasteiger charge is -2.05. The molecule has 162 valence electrons. The number of H-pyrrole nitrogens is 1. The molecule has 2 heterocycles. The number of nitrogens with one attached hydrogen (secondary N) is 2. The fourth-order valence-corrected chi connectivity index (χ4v) is 4.31. The summed E-state index contributed by atoms with van der Waals surface area (Å²) in [5, 5.41) is 3.49. The van der Waals surface area contributed by atoms with Crippen LogP contribution in [0.3, 0.4) is 0 Å². The normalized spacial score (nSPS) is 10.9. The van der Waals surface area contributed by atoms with E-state index in [9.17, 15) is 18.8 Å². The van der Waals surface area contributed by atoms with E-state index < -0.39 is 11.2 Å². The number of rotatable bonds is 4. The van der Waals surface area contributed by atoms with E-state index in [1.165, 1.54) is 52.4 Å². The maximum Gasteiger partial charge on any atom is 0.332 e. The average Bonchev–Trinajstić information content (AvgIpc) is 3.24. The van der Waals surface area contributed by atoms with Gasteiger partial charge in [0.1, 0.15) is 10.8 Å². The van der Waals surface area contributed by atoms with Gasteiger partial charge in [0, 0.05) is 29.1 Å². The summed E-state index contributed by atoms with van der Waals surface area (Å²) in [4.78, 5) is 42.7. The number of aromatic nitrogens is 3. The summed E-state index contributed by atoms with van der Waals surface area (Å²) in [7, 11) is 0. The Bertz CT molecular complexity index is 1600. The molecule has 2 N–H and O–H groups in total. The molecule has 0 atom stereocenters. The molecule has 0 spiro atoms. The Morgan fingerprint density at radius 2 is 1.73 bits per heavy atom. The second-order valence-corrected chi connectivity index (χ2v) is 8.22. The van der Waals surface area contributed by atoms with Crippen molar-refractivity contribution in [1.82, 2.24) is 14.5 Å². The number of carbonyl (C=O) groups excluding carboxylic acids is 1. The Hall–Kier alpha value is -4.37. The highest BCUT2D eigenvalue weighted by Gasteiger charge is 2.11. The van der Waals surface area contributed by atoms with Gasteiger partial charge < -0.3 is 5.32 Å². The molecule has 3 aromatic carbocycles. The Balaban J connectivity index is 1.39. The molecule has 0 saturated heterocycles. The second-order valence-electron chi connectivity index (χ2n) is 7.19. The van der Waals surface area contributed by atoms with Crippen molar-refractivity contribution >= 4 is 33.1 Å². The van der Waals surface area contributed by atoms with Crippen LogP contribution in [0.1, 0.15) is 10.4 Å². The SMILES string of the molecule is O=C(Nc1ccc(F)cc1)c1ccc(-c2nc3ccc(-n4ccc(=O)[nH]c4=O)cc3s2)cc1. The van der Waals surface area contributed by atoms with E-state index >= 15 is 0 Å². The van der Waals surface area contributed by atoms with Crippen LogP contribution in [0.4, 0.5) is 10.1 Å². The number of carbonyl (C=O) groups is 1. The Kier molecular flexibility index (Phi) is 5.15. The van der Waals surface area contributed by atoms with Gasteiger partial charge in [-0.2, -0.15) is 0 Å². The number of fused-ring (bicyclic) bond motifs is 1. The summed E-state index contributed by atoms with van der Waals surface area (Å²) in [5.41, 5.74) is 2.24. The topological polar surface area (TPSA) is 96.8 Å². The summed E-state index contributed by atoms with van der Waals surface area (Å²) in [5.74, 6) is -0.667. The summed E-state index contributed by atoms with van der Waals surface area (Å²) >= 11 is 1.45. The third-order valence-electron chi connectivity index (χ3n) is 4.97. The van der Waals surface area contributed by atoms with Crippen LogP contribution in [0, 0.1) is 5.82 Å². The lowest BCUT2D eigenvalue weighted by molar-refractivity contribution is 0.102. The molecule has 0 aliphatic carbocycles. The molecule has 0 aliphatic heterocycles.